The maximum atomic E-state index is 12.2. The number of nitrogen functional groups attached to an aromatic ring is 1. The second-order valence-electron chi connectivity index (χ2n) is 4.83. The third-order valence-corrected chi connectivity index (χ3v) is 3.92. The van der Waals surface area contributed by atoms with Gasteiger partial charge in [-0.25, -0.2) is 4.98 Å². The normalized spacial score (nSPS) is 18.6. The molecule has 104 valence electrons. The number of nitrogens with two attached hydrogens (primary N) is 1. The Labute approximate surface area is 116 Å². The van der Waals surface area contributed by atoms with Crippen molar-refractivity contribution in [3.63, 3.8) is 0 Å². The third-order valence-electron chi connectivity index (χ3n) is 3.20. The molecule has 0 saturated carbocycles. The lowest BCUT2D eigenvalue weighted by atomic mass is 10.2. The van der Waals surface area contributed by atoms with Crippen LogP contribution in [-0.2, 0) is 16.0 Å². The van der Waals surface area contributed by atoms with Crippen LogP contribution in [0.2, 0.25) is 0 Å². The maximum Gasteiger partial charge on any atom is 0.244 e. The first-order valence-corrected chi connectivity index (χ1v) is 7.07. The average Bonchev–Trinajstić information content (AvgIpc) is 2.96. The molecule has 1 aromatic rings. The van der Waals surface area contributed by atoms with Gasteiger partial charge in [0.1, 0.15) is 6.04 Å². The molecule has 0 aliphatic carbocycles. The summed E-state index contributed by atoms with van der Waals surface area (Å²) in [6, 6.07) is -0.321. The summed E-state index contributed by atoms with van der Waals surface area (Å²) >= 11 is 1.32. The van der Waals surface area contributed by atoms with E-state index in [4.69, 9.17) is 5.73 Å². The number of thiazole rings is 1. The van der Waals surface area contributed by atoms with Gasteiger partial charge in [0.05, 0.1) is 12.1 Å². The molecule has 0 bridgehead atoms. The molecular formula is C12H18N4O2S. The number of hydrogen-bond donors (Lipinski definition) is 1. The Hall–Kier alpha value is -1.63. The molecule has 0 aromatic carbocycles. The number of nitrogens with zero attached hydrogens (tertiary/aromatic N) is 3. The first-order chi connectivity index (χ1) is 8.99. The fourth-order valence-electron chi connectivity index (χ4n) is 2.28. The molecule has 2 heterocycles. The van der Waals surface area contributed by atoms with Crippen molar-refractivity contribution in [2.75, 3.05) is 26.4 Å². The molecule has 2 N–H and O–H groups in total. The molecule has 1 fully saturated rings. The summed E-state index contributed by atoms with van der Waals surface area (Å²) in [5.41, 5.74) is 6.22. The molecule has 6 nitrogen and oxygen atoms in total. The molecule has 7 heteroatoms. The van der Waals surface area contributed by atoms with E-state index in [-0.39, 0.29) is 24.3 Å². The largest absolute Gasteiger partial charge is 0.375 e. The highest BCUT2D eigenvalue weighted by Gasteiger charge is 2.34. The Morgan fingerprint density at radius 1 is 1.58 bits per heavy atom. The van der Waals surface area contributed by atoms with Crippen molar-refractivity contribution in [2.24, 2.45) is 0 Å². The Morgan fingerprint density at radius 2 is 2.32 bits per heavy atom. The molecule has 1 atom stereocenters. The van der Waals surface area contributed by atoms with E-state index in [9.17, 15) is 9.59 Å². The Kier molecular flexibility index (Phi) is 4.04. The molecule has 1 unspecified atom stereocenters. The molecule has 0 radical (unpaired) electrons. The van der Waals surface area contributed by atoms with Gasteiger partial charge in [-0.05, 0) is 12.8 Å². The van der Waals surface area contributed by atoms with Crippen molar-refractivity contribution in [1.82, 2.24) is 14.8 Å². The highest BCUT2D eigenvalue weighted by Crippen LogP contribution is 2.21. The average molecular weight is 282 g/mol. The van der Waals surface area contributed by atoms with Crippen LogP contribution in [0.15, 0.2) is 5.38 Å². The fourth-order valence-corrected chi connectivity index (χ4v) is 2.84. The topological polar surface area (TPSA) is 79.5 Å². The first kappa shape index (κ1) is 13.8. The molecule has 2 amide bonds. The third kappa shape index (κ3) is 3.04. The van der Waals surface area contributed by atoms with Crippen LogP contribution in [0.3, 0.4) is 0 Å². The second kappa shape index (κ2) is 5.56. The van der Waals surface area contributed by atoms with Crippen molar-refractivity contribution in [2.45, 2.75) is 25.3 Å². The van der Waals surface area contributed by atoms with E-state index in [2.05, 4.69) is 4.98 Å². The fraction of sp³-hybridized carbons (Fsp3) is 0.583. The van der Waals surface area contributed by atoms with Crippen LogP contribution < -0.4 is 5.73 Å². The minimum absolute atomic E-state index is 0.0105. The smallest absolute Gasteiger partial charge is 0.244 e. The lowest BCUT2D eigenvalue weighted by Gasteiger charge is -2.26. The number of aromatic nitrogens is 1. The van der Waals surface area contributed by atoms with Crippen LogP contribution in [0.5, 0.6) is 0 Å². The Morgan fingerprint density at radius 3 is 2.89 bits per heavy atom. The van der Waals surface area contributed by atoms with Crippen LogP contribution >= 0.6 is 11.3 Å². The van der Waals surface area contributed by atoms with E-state index in [0.717, 1.165) is 12.8 Å². The lowest BCUT2D eigenvalue weighted by molar-refractivity contribution is -0.141. The molecule has 0 spiro atoms. The molecule has 19 heavy (non-hydrogen) atoms. The highest BCUT2D eigenvalue weighted by atomic mass is 32.1. The predicted octanol–water partition coefficient (Wildman–Crippen LogP) is 0.347. The van der Waals surface area contributed by atoms with Crippen LogP contribution in [0, 0.1) is 0 Å². The summed E-state index contributed by atoms with van der Waals surface area (Å²) in [6.07, 6.45) is 1.82. The van der Waals surface area contributed by atoms with Crippen LogP contribution in [0.25, 0.3) is 0 Å². The quantitative estimate of drug-likeness (QED) is 0.867. The highest BCUT2D eigenvalue weighted by molar-refractivity contribution is 7.13. The first-order valence-electron chi connectivity index (χ1n) is 6.19. The predicted molar refractivity (Wildman–Crippen MR) is 73.7 cm³/mol. The van der Waals surface area contributed by atoms with Gasteiger partial charge in [-0.3, -0.25) is 9.59 Å². The number of rotatable bonds is 3. The standard InChI is InChI=1S/C12H18N4O2S/c1-15(2)11(18)9-4-3-5-16(9)10(17)6-8-7-19-12(13)14-8/h7,9H,3-6H2,1-2H3,(H2,13,14). The summed E-state index contributed by atoms with van der Waals surface area (Å²) in [4.78, 5) is 31.5. The monoisotopic (exact) mass is 282 g/mol. The van der Waals surface area contributed by atoms with Gasteiger partial charge in [0.2, 0.25) is 11.8 Å². The van der Waals surface area contributed by atoms with E-state index in [0.29, 0.717) is 17.4 Å². The molecule has 1 aliphatic rings. The van der Waals surface area contributed by atoms with Gasteiger partial charge in [-0.2, -0.15) is 0 Å². The Balaban J connectivity index is 2.03. The van der Waals surface area contributed by atoms with Crippen molar-refractivity contribution in [3.8, 4) is 0 Å². The summed E-state index contributed by atoms with van der Waals surface area (Å²) in [5, 5.41) is 2.25. The van der Waals surface area contributed by atoms with Gasteiger partial charge in [-0.1, -0.05) is 0 Å². The molecule has 1 aliphatic heterocycles. The van der Waals surface area contributed by atoms with Crippen LogP contribution in [-0.4, -0.2) is 53.3 Å². The van der Waals surface area contributed by atoms with Gasteiger partial charge < -0.3 is 15.5 Å². The van der Waals surface area contributed by atoms with Crippen molar-refractivity contribution in [3.05, 3.63) is 11.1 Å². The zero-order valence-corrected chi connectivity index (χ0v) is 11.9. The lowest BCUT2D eigenvalue weighted by Crippen LogP contribution is -2.46. The van der Waals surface area contributed by atoms with Crippen molar-refractivity contribution < 1.29 is 9.59 Å². The summed E-state index contributed by atoms with van der Waals surface area (Å²) in [6.45, 7) is 0.642. The number of carbonyl (C=O) groups is 2. The molecule has 2 rings (SSSR count). The summed E-state index contributed by atoms with van der Waals surface area (Å²) in [5.74, 6) is -0.0633. The molecule has 1 saturated heterocycles. The minimum Gasteiger partial charge on any atom is -0.375 e. The molecular weight excluding hydrogens is 264 g/mol. The van der Waals surface area contributed by atoms with E-state index >= 15 is 0 Å². The number of likely N-dealkylation sites (N-methyl/N-ethyl adjacent to an activating group) is 1. The number of anilines is 1. The van der Waals surface area contributed by atoms with Gasteiger partial charge in [0, 0.05) is 26.0 Å². The van der Waals surface area contributed by atoms with Gasteiger partial charge >= 0.3 is 0 Å². The van der Waals surface area contributed by atoms with E-state index in [1.165, 1.54) is 16.2 Å². The minimum atomic E-state index is -0.321. The zero-order valence-electron chi connectivity index (χ0n) is 11.1. The van der Waals surface area contributed by atoms with E-state index in [1.54, 1.807) is 24.4 Å². The summed E-state index contributed by atoms with van der Waals surface area (Å²) in [7, 11) is 3.43. The van der Waals surface area contributed by atoms with Gasteiger partial charge in [0.25, 0.3) is 0 Å². The number of carbonyl (C=O) groups excluding carboxylic acids is 2. The van der Waals surface area contributed by atoms with Crippen LogP contribution in [0.4, 0.5) is 5.13 Å². The maximum absolute atomic E-state index is 12.2. The Bertz CT molecular complexity index is 486. The van der Waals surface area contributed by atoms with Crippen molar-refractivity contribution >= 4 is 28.3 Å². The summed E-state index contributed by atoms with van der Waals surface area (Å²) < 4.78 is 0. The number of hydrogen-bond acceptors (Lipinski definition) is 5. The molecule has 1 aromatic heterocycles. The van der Waals surface area contributed by atoms with E-state index in [1.807, 2.05) is 0 Å². The van der Waals surface area contributed by atoms with E-state index < -0.39 is 0 Å². The number of likely N-dealkylation sites (tertiary alicyclic amines) is 1. The van der Waals surface area contributed by atoms with Crippen LogP contribution in [0.1, 0.15) is 18.5 Å². The van der Waals surface area contributed by atoms with Gasteiger partial charge in [0.15, 0.2) is 5.13 Å². The zero-order chi connectivity index (χ0) is 14.0. The van der Waals surface area contributed by atoms with Gasteiger partial charge in [-0.15, -0.1) is 11.3 Å². The second-order valence-corrected chi connectivity index (χ2v) is 5.72. The van der Waals surface area contributed by atoms with Crippen molar-refractivity contribution in [1.29, 1.82) is 0 Å². The number of amides is 2. The SMILES string of the molecule is CN(C)C(=O)C1CCCN1C(=O)Cc1csc(N)n1.